The van der Waals surface area contributed by atoms with Gasteiger partial charge < -0.3 is 9.55 Å². The van der Waals surface area contributed by atoms with Crippen LogP contribution in [0.15, 0.2) is 17.6 Å². The van der Waals surface area contributed by atoms with Gasteiger partial charge in [-0.1, -0.05) is 6.92 Å². The number of aryl methyl sites for hydroxylation is 1. The van der Waals surface area contributed by atoms with Crippen molar-refractivity contribution in [3.8, 4) is 0 Å². The van der Waals surface area contributed by atoms with Crippen molar-refractivity contribution < 1.29 is 0 Å². The molecule has 0 fully saturated rings. The Kier molecular flexibility index (Phi) is 2.30. The number of fused-ring (bicyclic) bond motifs is 1. The summed E-state index contributed by atoms with van der Waals surface area (Å²) in [5.74, 6) is 0. The second-order valence-electron chi connectivity index (χ2n) is 3.16. The summed E-state index contributed by atoms with van der Waals surface area (Å²) in [6.45, 7) is 2.89. The Morgan fingerprint density at radius 2 is 2.36 bits per heavy atom. The molecule has 2 aromatic heterocycles. The molecule has 0 bridgehead atoms. The fraction of sp³-hybridized carbons (Fsp3) is 0.444. The molecule has 2 heterocycles. The molecular formula is C9H13N5. The highest BCUT2D eigenvalue weighted by Crippen LogP contribution is 1.99. The smallest absolute Gasteiger partial charge is 0.176 e. The summed E-state index contributed by atoms with van der Waals surface area (Å²) >= 11 is 0. The van der Waals surface area contributed by atoms with Crippen molar-refractivity contribution in [3.63, 3.8) is 0 Å². The number of nitrogens with one attached hydrogen (secondary N) is 1. The second kappa shape index (κ2) is 3.61. The van der Waals surface area contributed by atoms with Crippen LogP contribution < -0.4 is 5.49 Å². The van der Waals surface area contributed by atoms with Gasteiger partial charge in [0.2, 0.25) is 0 Å². The summed E-state index contributed by atoms with van der Waals surface area (Å²) in [6, 6.07) is 0. The zero-order valence-electron chi connectivity index (χ0n) is 8.36. The van der Waals surface area contributed by atoms with Gasteiger partial charge in [0.15, 0.2) is 11.1 Å². The Labute approximate surface area is 81.5 Å². The number of aromatic nitrogens is 4. The van der Waals surface area contributed by atoms with E-state index in [2.05, 4.69) is 26.9 Å². The van der Waals surface area contributed by atoms with Crippen molar-refractivity contribution in [1.82, 2.24) is 19.5 Å². The zero-order chi connectivity index (χ0) is 9.97. The van der Waals surface area contributed by atoms with Gasteiger partial charge in [0, 0.05) is 13.6 Å². The van der Waals surface area contributed by atoms with E-state index in [0.29, 0.717) is 0 Å². The maximum absolute atomic E-state index is 4.37. The first-order valence-electron chi connectivity index (χ1n) is 4.68. The number of aromatic amines is 1. The van der Waals surface area contributed by atoms with Crippen LogP contribution in [0, 0.1) is 0 Å². The lowest BCUT2D eigenvalue weighted by atomic mass is 10.5. The molecule has 0 aromatic carbocycles. The average molecular weight is 191 g/mol. The van der Waals surface area contributed by atoms with E-state index in [0.717, 1.165) is 29.6 Å². The van der Waals surface area contributed by atoms with E-state index in [4.69, 9.17) is 0 Å². The van der Waals surface area contributed by atoms with E-state index >= 15 is 0 Å². The highest BCUT2D eigenvalue weighted by molar-refractivity contribution is 5.68. The van der Waals surface area contributed by atoms with Crippen LogP contribution in [0.1, 0.15) is 13.3 Å². The fourth-order valence-electron chi connectivity index (χ4n) is 1.32. The molecule has 0 aliphatic carbocycles. The summed E-state index contributed by atoms with van der Waals surface area (Å²) < 4.78 is 1.87. The van der Waals surface area contributed by atoms with Crippen LogP contribution >= 0.6 is 0 Å². The Bertz CT molecular complexity index is 493. The molecule has 0 aliphatic rings. The average Bonchev–Trinajstić information content (AvgIpc) is 2.66. The van der Waals surface area contributed by atoms with Crippen molar-refractivity contribution in [3.05, 3.63) is 18.1 Å². The van der Waals surface area contributed by atoms with Gasteiger partial charge >= 0.3 is 0 Å². The number of nitrogens with zero attached hydrogens (tertiary/aromatic N) is 4. The summed E-state index contributed by atoms with van der Waals surface area (Å²) in [5.41, 5.74) is 2.54. The van der Waals surface area contributed by atoms with Crippen LogP contribution in [0.2, 0.25) is 0 Å². The monoisotopic (exact) mass is 191 g/mol. The van der Waals surface area contributed by atoms with Crippen LogP contribution in [0.5, 0.6) is 0 Å². The molecule has 0 saturated carbocycles. The van der Waals surface area contributed by atoms with Gasteiger partial charge in [-0.05, 0) is 6.42 Å². The van der Waals surface area contributed by atoms with Crippen LogP contribution in [0.3, 0.4) is 0 Å². The molecule has 0 saturated heterocycles. The van der Waals surface area contributed by atoms with E-state index in [1.165, 1.54) is 0 Å². The molecule has 0 amide bonds. The van der Waals surface area contributed by atoms with Crippen molar-refractivity contribution in [2.45, 2.75) is 13.3 Å². The number of imidazole rings is 1. The summed E-state index contributed by atoms with van der Waals surface area (Å²) in [4.78, 5) is 15.9. The first kappa shape index (κ1) is 8.93. The maximum atomic E-state index is 4.37. The zero-order valence-corrected chi connectivity index (χ0v) is 8.36. The van der Waals surface area contributed by atoms with Crippen LogP contribution in [-0.4, -0.2) is 26.1 Å². The van der Waals surface area contributed by atoms with Gasteiger partial charge in [0.05, 0.1) is 12.7 Å². The largest absolute Gasteiger partial charge is 0.340 e. The lowest BCUT2D eigenvalue weighted by Crippen LogP contribution is -2.13. The van der Waals surface area contributed by atoms with Gasteiger partial charge in [-0.25, -0.2) is 9.97 Å². The third kappa shape index (κ3) is 1.41. The summed E-state index contributed by atoms with van der Waals surface area (Å²) in [6.07, 6.45) is 4.42. The van der Waals surface area contributed by atoms with Gasteiger partial charge in [-0.3, -0.25) is 4.99 Å². The summed E-state index contributed by atoms with van der Waals surface area (Å²) in [5, 5.41) is 0. The minimum absolute atomic E-state index is 0.748. The highest BCUT2D eigenvalue weighted by atomic mass is 15.1. The topological polar surface area (TPSA) is 58.9 Å². The number of rotatable bonds is 2. The summed E-state index contributed by atoms with van der Waals surface area (Å²) in [7, 11) is 1.92. The van der Waals surface area contributed by atoms with Gasteiger partial charge in [0.1, 0.15) is 5.52 Å². The maximum Gasteiger partial charge on any atom is 0.176 e. The lowest BCUT2D eigenvalue weighted by Gasteiger charge is -1.97. The Balaban J connectivity index is 2.67. The van der Waals surface area contributed by atoms with Crippen molar-refractivity contribution in [2.75, 3.05) is 6.54 Å². The Morgan fingerprint density at radius 3 is 3.14 bits per heavy atom. The first-order valence-corrected chi connectivity index (χ1v) is 4.68. The Hall–Kier alpha value is -1.65. The number of hydrogen-bond acceptors (Lipinski definition) is 3. The lowest BCUT2D eigenvalue weighted by molar-refractivity contribution is 0.849. The molecule has 5 nitrogen and oxygen atoms in total. The SMILES string of the molecule is CCCN=c1ncn(C)c2nc[nH]c12. The fourth-order valence-corrected chi connectivity index (χ4v) is 1.32. The molecular weight excluding hydrogens is 178 g/mol. The van der Waals surface area contributed by atoms with Crippen molar-refractivity contribution in [2.24, 2.45) is 12.0 Å². The van der Waals surface area contributed by atoms with Crippen molar-refractivity contribution >= 4 is 11.2 Å². The molecule has 2 rings (SSSR count). The Morgan fingerprint density at radius 1 is 1.50 bits per heavy atom. The van der Waals surface area contributed by atoms with Crippen LogP contribution in [-0.2, 0) is 7.05 Å². The molecule has 0 aliphatic heterocycles. The van der Waals surface area contributed by atoms with E-state index in [1.54, 1.807) is 12.7 Å². The third-order valence-electron chi connectivity index (χ3n) is 2.02. The first-order chi connectivity index (χ1) is 6.83. The third-order valence-corrected chi connectivity index (χ3v) is 2.02. The second-order valence-corrected chi connectivity index (χ2v) is 3.16. The minimum atomic E-state index is 0.748. The number of hydrogen-bond donors (Lipinski definition) is 1. The van der Waals surface area contributed by atoms with Crippen molar-refractivity contribution in [1.29, 1.82) is 0 Å². The number of H-pyrrole nitrogens is 1. The predicted molar refractivity (Wildman–Crippen MR) is 53.6 cm³/mol. The van der Waals surface area contributed by atoms with E-state index in [9.17, 15) is 0 Å². The van der Waals surface area contributed by atoms with Crippen LogP contribution in [0.4, 0.5) is 0 Å². The van der Waals surface area contributed by atoms with E-state index in [1.807, 2.05) is 11.6 Å². The van der Waals surface area contributed by atoms with E-state index in [-0.39, 0.29) is 0 Å². The molecule has 0 spiro atoms. The normalized spacial score (nSPS) is 12.6. The minimum Gasteiger partial charge on any atom is -0.340 e. The molecule has 2 aromatic rings. The van der Waals surface area contributed by atoms with E-state index < -0.39 is 0 Å². The molecule has 74 valence electrons. The molecule has 5 heteroatoms. The predicted octanol–water partition coefficient (Wildman–Crippen LogP) is 0.607. The molecule has 14 heavy (non-hydrogen) atoms. The van der Waals surface area contributed by atoms with Gasteiger partial charge in [0.25, 0.3) is 0 Å². The van der Waals surface area contributed by atoms with Crippen LogP contribution in [0.25, 0.3) is 11.2 Å². The van der Waals surface area contributed by atoms with Gasteiger partial charge in [-0.15, -0.1) is 0 Å². The molecule has 0 radical (unpaired) electrons. The molecule has 1 N–H and O–H groups in total. The molecule has 0 atom stereocenters. The highest BCUT2D eigenvalue weighted by Gasteiger charge is 2.00. The standard InChI is InChI=1S/C9H13N5/c1-3-4-10-8-7-9(12-5-11-7)14(2)6-13-8/h5-6H,3-4H2,1-2H3,(H,11,12). The quantitative estimate of drug-likeness (QED) is 0.756. The molecule has 0 unspecified atom stereocenters. The van der Waals surface area contributed by atoms with Gasteiger partial charge in [-0.2, -0.15) is 0 Å².